The van der Waals surface area contributed by atoms with Crippen LogP contribution in [0.3, 0.4) is 0 Å². The Morgan fingerprint density at radius 1 is 1.08 bits per heavy atom. The van der Waals surface area contributed by atoms with Gasteiger partial charge in [0.1, 0.15) is 40.7 Å². The molecule has 1 N–H and O–H groups in total. The molecule has 9 nitrogen and oxygen atoms in total. The molecular weight excluding hydrogens is 460 g/mol. The molecule has 2 aromatic rings. The highest BCUT2D eigenvalue weighted by Crippen LogP contribution is 2.32. The third kappa shape index (κ3) is 4.63. The quantitative estimate of drug-likeness (QED) is 0.370. The number of ether oxygens (including phenoxy) is 2. The molecule has 3 aliphatic rings. The summed E-state index contributed by atoms with van der Waals surface area (Å²) >= 11 is 0. The van der Waals surface area contributed by atoms with Crippen LogP contribution in [0, 0.1) is 0 Å². The molecule has 3 heterocycles. The fourth-order valence-electron chi connectivity index (χ4n) is 4.97. The minimum Gasteiger partial charge on any atom is -0.489 e. The van der Waals surface area contributed by atoms with Crippen LogP contribution in [-0.4, -0.2) is 74.9 Å². The van der Waals surface area contributed by atoms with Crippen molar-refractivity contribution in [2.75, 3.05) is 19.8 Å². The van der Waals surface area contributed by atoms with Crippen molar-refractivity contribution in [1.82, 2.24) is 15.1 Å². The largest absolute Gasteiger partial charge is 0.489 e. The number of piperidine rings is 1. The average Bonchev–Trinajstić information content (AvgIpc) is 3.20. The smallest absolute Gasteiger partial charge is 0.254 e. The number of hydrogen-bond donors (Lipinski definition) is 1. The summed E-state index contributed by atoms with van der Waals surface area (Å²) in [5.41, 5.74) is 5.17. The first-order chi connectivity index (χ1) is 17.3. The highest BCUT2D eigenvalue weighted by atomic mass is 16.5. The van der Waals surface area contributed by atoms with Gasteiger partial charge in [0.2, 0.25) is 17.7 Å². The van der Waals surface area contributed by atoms with E-state index in [0.29, 0.717) is 44.0 Å². The number of nitrogens with one attached hydrogen (secondary N) is 1. The number of fused-ring (bicyclic) bond motifs is 1. The van der Waals surface area contributed by atoms with Gasteiger partial charge in [-0.3, -0.25) is 24.5 Å². The first kappa shape index (κ1) is 24.1. The van der Waals surface area contributed by atoms with E-state index in [-0.39, 0.29) is 37.3 Å². The highest BCUT2D eigenvalue weighted by Gasteiger charge is 2.41. The molecule has 0 saturated carbocycles. The molecule has 0 radical (unpaired) electrons. The van der Waals surface area contributed by atoms with E-state index in [2.05, 4.69) is 5.32 Å². The summed E-state index contributed by atoms with van der Waals surface area (Å²) in [7, 11) is 3.84. The number of amides is 4. The average molecular weight is 487 g/mol. The van der Waals surface area contributed by atoms with Gasteiger partial charge in [-0.1, -0.05) is 35.2 Å². The van der Waals surface area contributed by atoms with E-state index in [9.17, 15) is 19.2 Å². The maximum absolute atomic E-state index is 13.3. The Morgan fingerprint density at radius 2 is 1.83 bits per heavy atom. The van der Waals surface area contributed by atoms with Gasteiger partial charge in [0.15, 0.2) is 0 Å². The monoisotopic (exact) mass is 487 g/mol. The molecule has 0 aliphatic carbocycles. The van der Waals surface area contributed by atoms with Crippen molar-refractivity contribution >= 4 is 50.2 Å². The van der Waals surface area contributed by atoms with Gasteiger partial charge in [0.05, 0.1) is 13.2 Å². The minimum absolute atomic E-state index is 0.00171. The Balaban J connectivity index is 1.30. The molecule has 0 aromatic heterocycles. The summed E-state index contributed by atoms with van der Waals surface area (Å²) in [4.78, 5) is 52.6. The van der Waals surface area contributed by atoms with Crippen LogP contribution in [0.25, 0.3) is 0 Å². The van der Waals surface area contributed by atoms with E-state index in [4.69, 9.17) is 9.47 Å². The van der Waals surface area contributed by atoms with E-state index in [1.54, 1.807) is 9.80 Å². The first-order valence-electron chi connectivity index (χ1n) is 12.2. The van der Waals surface area contributed by atoms with Gasteiger partial charge in [-0.25, -0.2) is 0 Å². The first-order valence-corrected chi connectivity index (χ1v) is 12.2. The van der Waals surface area contributed by atoms with E-state index in [1.807, 2.05) is 46.0 Å². The molecule has 2 aromatic carbocycles. The Morgan fingerprint density at radius 3 is 2.56 bits per heavy atom. The Hall–Kier alpha value is -3.59. The zero-order valence-electron chi connectivity index (χ0n) is 20.5. The van der Waals surface area contributed by atoms with Crippen LogP contribution < -0.4 is 21.0 Å². The second-order valence-corrected chi connectivity index (χ2v) is 9.54. The lowest BCUT2D eigenvalue weighted by atomic mass is 9.76. The van der Waals surface area contributed by atoms with Crippen molar-refractivity contribution in [3.8, 4) is 5.75 Å². The van der Waals surface area contributed by atoms with Crippen molar-refractivity contribution in [3.05, 3.63) is 52.6 Å². The molecule has 36 heavy (non-hydrogen) atoms. The molecule has 5 rings (SSSR count). The number of rotatable bonds is 6. The van der Waals surface area contributed by atoms with Crippen LogP contribution >= 0.6 is 0 Å². The standard InChI is InChI=1S/C25H27B2N3O6/c26-17-9-19(36-12-15-3-1-14(2-4-15)10-29-7-8-35-13-21(29)32)16-11-30(25(34)22(16)23(17)27)18-5-6-20(31)28-24(18)33/h1-4,9,18H,5-8,10-13,26-27H2,(H,28,31,33). The van der Waals surface area contributed by atoms with Gasteiger partial charge in [0.25, 0.3) is 5.91 Å². The van der Waals surface area contributed by atoms with Crippen LogP contribution in [0.15, 0.2) is 30.3 Å². The molecular formula is C25H27B2N3O6. The molecule has 11 heteroatoms. The highest BCUT2D eigenvalue weighted by molar-refractivity contribution is 6.51. The lowest BCUT2D eigenvalue weighted by Crippen LogP contribution is -2.52. The topological polar surface area (TPSA) is 105 Å². The van der Waals surface area contributed by atoms with Crippen LogP contribution in [0.5, 0.6) is 5.75 Å². The van der Waals surface area contributed by atoms with E-state index in [0.717, 1.165) is 27.6 Å². The van der Waals surface area contributed by atoms with Crippen molar-refractivity contribution in [3.63, 3.8) is 0 Å². The summed E-state index contributed by atoms with van der Waals surface area (Å²) < 4.78 is 11.4. The zero-order chi connectivity index (χ0) is 25.4. The van der Waals surface area contributed by atoms with E-state index in [1.165, 1.54) is 0 Å². The molecule has 0 spiro atoms. The maximum Gasteiger partial charge on any atom is 0.254 e. The van der Waals surface area contributed by atoms with Crippen molar-refractivity contribution < 1.29 is 28.7 Å². The number of hydrogen-bond acceptors (Lipinski definition) is 6. The molecule has 1 atom stereocenters. The Bertz CT molecular complexity index is 1250. The third-order valence-electron chi connectivity index (χ3n) is 7.18. The predicted octanol–water partition coefficient (Wildman–Crippen LogP) is -2.10. The second-order valence-electron chi connectivity index (χ2n) is 9.54. The number of morpholine rings is 1. The number of carbonyl (C=O) groups excluding carboxylic acids is 4. The fraction of sp³-hybridized carbons (Fsp3) is 0.360. The molecule has 184 valence electrons. The fourth-order valence-corrected chi connectivity index (χ4v) is 4.97. The normalized spacial score (nSPS) is 19.9. The van der Waals surface area contributed by atoms with E-state index < -0.39 is 11.9 Å². The van der Waals surface area contributed by atoms with Crippen LogP contribution in [0.2, 0.25) is 0 Å². The van der Waals surface area contributed by atoms with Gasteiger partial charge in [-0.05, 0) is 23.6 Å². The summed E-state index contributed by atoms with van der Waals surface area (Å²) in [5.74, 6) is -0.313. The van der Waals surface area contributed by atoms with Crippen LogP contribution in [-0.2, 0) is 38.8 Å². The lowest BCUT2D eigenvalue weighted by molar-refractivity contribution is -0.143. The molecule has 1 unspecified atom stereocenters. The minimum atomic E-state index is -0.666. The number of imide groups is 1. The van der Waals surface area contributed by atoms with Gasteiger partial charge in [-0.15, -0.1) is 0 Å². The zero-order valence-corrected chi connectivity index (χ0v) is 20.5. The van der Waals surface area contributed by atoms with Crippen LogP contribution in [0.4, 0.5) is 0 Å². The summed E-state index contributed by atoms with van der Waals surface area (Å²) in [6.45, 7) is 2.42. The Kier molecular flexibility index (Phi) is 6.57. The van der Waals surface area contributed by atoms with E-state index >= 15 is 0 Å². The van der Waals surface area contributed by atoms with Crippen molar-refractivity contribution in [2.24, 2.45) is 0 Å². The van der Waals surface area contributed by atoms with Gasteiger partial charge < -0.3 is 19.3 Å². The number of benzene rings is 2. The molecule has 3 aliphatic heterocycles. The molecule has 4 amide bonds. The molecule has 2 fully saturated rings. The summed E-state index contributed by atoms with van der Waals surface area (Å²) in [6, 6.07) is 9.19. The van der Waals surface area contributed by atoms with Crippen molar-refractivity contribution in [1.29, 1.82) is 0 Å². The molecule has 0 bridgehead atoms. The maximum atomic E-state index is 13.3. The van der Waals surface area contributed by atoms with Gasteiger partial charge in [-0.2, -0.15) is 0 Å². The van der Waals surface area contributed by atoms with Gasteiger partial charge in [0, 0.05) is 30.6 Å². The second kappa shape index (κ2) is 9.81. The Labute approximate surface area is 210 Å². The number of carbonyl (C=O) groups is 4. The summed E-state index contributed by atoms with van der Waals surface area (Å²) in [5, 5.41) is 2.34. The lowest BCUT2D eigenvalue weighted by Gasteiger charge is -2.29. The predicted molar refractivity (Wildman–Crippen MR) is 136 cm³/mol. The SMILES string of the molecule is Bc1cc(OCc2ccc(CN3CCOCC3=O)cc2)c2c(c1B)C(=O)N(C1CCC(=O)NC1=O)C2. The number of nitrogens with zero attached hydrogens (tertiary/aromatic N) is 2. The summed E-state index contributed by atoms with van der Waals surface area (Å²) in [6.07, 6.45) is 0.536. The third-order valence-corrected chi connectivity index (χ3v) is 7.18. The molecule has 2 saturated heterocycles. The van der Waals surface area contributed by atoms with Crippen LogP contribution in [0.1, 0.15) is 39.9 Å². The van der Waals surface area contributed by atoms with Crippen molar-refractivity contribution in [2.45, 2.75) is 38.6 Å². The van der Waals surface area contributed by atoms with Gasteiger partial charge >= 0.3 is 0 Å².